The molecule has 0 fully saturated rings. The predicted octanol–water partition coefficient (Wildman–Crippen LogP) is 1.07. The second-order valence-electron chi connectivity index (χ2n) is 5.08. The van der Waals surface area contributed by atoms with Gasteiger partial charge in [0.1, 0.15) is 12.2 Å². The van der Waals surface area contributed by atoms with Crippen LogP contribution in [-0.4, -0.2) is 48.3 Å². The van der Waals surface area contributed by atoms with Gasteiger partial charge in [-0.3, -0.25) is 19.3 Å². The zero-order valence-corrected chi connectivity index (χ0v) is 14.7. The number of hydrogen-bond acceptors (Lipinski definition) is 9. The second kappa shape index (κ2) is 10.6. The van der Waals surface area contributed by atoms with Crippen molar-refractivity contribution in [1.29, 1.82) is 0 Å². The summed E-state index contributed by atoms with van der Waals surface area (Å²) in [6.07, 6.45) is -3.89. The minimum atomic E-state index is -1.15. The molecule has 0 bridgehead atoms. The zero-order valence-electron chi connectivity index (χ0n) is 14.7. The molecule has 24 heavy (non-hydrogen) atoms. The molecular weight excluding hydrogens is 324 g/mol. The topological polar surface area (TPSA) is 114 Å². The van der Waals surface area contributed by atoms with Crippen molar-refractivity contribution in [3.63, 3.8) is 0 Å². The Bertz CT molecular complexity index is 460. The van der Waals surface area contributed by atoms with Crippen molar-refractivity contribution in [3.8, 4) is 0 Å². The molecule has 0 spiro atoms. The maximum atomic E-state index is 11.4. The third-order valence-corrected chi connectivity index (χ3v) is 2.80. The van der Waals surface area contributed by atoms with E-state index in [4.69, 9.17) is 19.1 Å². The summed E-state index contributed by atoms with van der Waals surface area (Å²) in [6, 6.07) is 0. The van der Waals surface area contributed by atoms with E-state index in [1.807, 2.05) is 0 Å². The third-order valence-electron chi connectivity index (χ3n) is 2.80. The molecule has 4 atom stereocenters. The molecule has 0 amide bonds. The van der Waals surface area contributed by atoms with Crippen molar-refractivity contribution in [3.05, 3.63) is 0 Å². The highest BCUT2D eigenvalue weighted by Gasteiger charge is 2.40. The fraction of sp³-hybridized carbons (Fsp3) is 0.733. The van der Waals surface area contributed by atoms with Crippen molar-refractivity contribution in [2.24, 2.45) is 0 Å². The van der Waals surface area contributed by atoms with Crippen molar-refractivity contribution in [2.45, 2.75) is 72.4 Å². The summed E-state index contributed by atoms with van der Waals surface area (Å²) >= 11 is 0. The molecule has 0 saturated carbocycles. The first kappa shape index (κ1) is 21.8. The molecule has 9 nitrogen and oxygen atoms in total. The Hall–Kier alpha value is -2.16. The van der Waals surface area contributed by atoms with E-state index >= 15 is 0 Å². The van der Waals surface area contributed by atoms with Crippen LogP contribution in [-0.2, 0) is 43.2 Å². The minimum absolute atomic E-state index is 0.260. The average Bonchev–Trinajstić information content (AvgIpc) is 2.42. The van der Waals surface area contributed by atoms with Gasteiger partial charge < -0.3 is 14.2 Å². The molecule has 0 aromatic rings. The number of rotatable bonds is 9. The maximum Gasteiger partial charge on any atom is 0.339 e. The first-order chi connectivity index (χ1) is 11.1. The lowest BCUT2D eigenvalue weighted by atomic mass is 10.0. The summed E-state index contributed by atoms with van der Waals surface area (Å²) in [7, 11) is 0. The van der Waals surface area contributed by atoms with E-state index in [-0.39, 0.29) is 6.42 Å². The number of carbonyl (C=O) groups is 4. The van der Waals surface area contributed by atoms with Gasteiger partial charge in [0.05, 0.1) is 0 Å². The van der Waals surface area contributed by atoms with E-state index < -0.39 is 48.3 Å². The Morgan fingerprint density at radius 3 is 1.58 bits per heavy atom. The van der Waals surface area contributed by atoms with E-state index in [1.54, 1.807) is 6.92 Å². The van der Waals surface area contributed by atoms with Crippen molar-refractivity contribution in [1.82, 2.24) is 0 Å². The molecule has 4 unspecified atom stereocenters. The second-order valence-corrected chi connectivity index (χ2v) is 5.08. The predicted molar refractivity (Wildman–Crippen MR) is 79.3 cm³/mol. The standard InChI is InChI=1S/C15H24O9/c1-7-13(24-23-12(6)19)15(22-11(5)18)14(21-10(4)17)8(2)20-9(3)16/h8,13-15H,7H2,1-6H3. The fourth-order valence-corrected chi connectivity index (χ4v) is 1.98. The summed E-state index contributed by atoms with van der Waals surface area (Å²) in [5.41, 5.74) is 0. The highest BCUT2D eigenvalue weighted by Crippen LogP contribution is 2.21. The van der Waals surface area contributed by atoms with E-state index in [9.17, 15) is 19.2 Å². The van der Waals surface area contributed by atoms with Gasteiger partial charge in [-0.1, -0.05) is 6.92 Å². The number of carbonyl (C=O) groups excluding carboxylic acids is 4. The van der Waals surface area contributed by atoms with Crippen LogP contribution >= 0.6 is 0 Å². The quantitative estimate of drug-likeness (QED) is 0.261. The van der Waals surface area contributed by atoms with Crippen LogP contribution < -0.4 is 0 Å². The van der Waals surface area contributed by atoms with E-state index in [0.717, 1.165) is 20.8 Å². The molecule has 0 aromatic carbocycles. The van der Waals surface area contributed by atoms with Crippen LogP contribution in [0, 0.1) is 0 Å². The number of esters is 3. The normalized spacial score (nSPS) is 15.4. The van der Waals surface area contributed by atoms with Gasteiger partial charge in [-0.25, -0.2) is 4.79 Å². The monoisotopic (exact) mass is 348 g/mol. The number of ether oxygens (including phenoxy) is 3. The lowest BCUT2D eigenvalue weighted by Gasteiger charge is -2.33. The Balaban J connectivity index is 5.52. The van der Waals surface area contributed by atoms with E-state index in [2.05, 4.69) is 4.89 Å². The first-order valence-electron chi connectivity index (χ1n) is 7.44. The van der Waals surface area contributed by atoms with Crippen LogP contribution in [0.5, 0.6) is 0 Å². The molecule has 0 rings (SSSR count). The molecule has 9 heteroatoms. The Morgan fingerprint density at radius 2 is 1.21 bits per heavy atom. The van der Waals surface area contributed by atoms with Crippen molar-refractivity contribution >= 4 is 23.9 Å². The van der Waals surface area contributed by atoms with Gasteiger partial charge in [0.25, 0.3) is 0 Å². The smallest absolute Gasteiger partial charge is 0.339 e. The SMILES string of the molecule is CCC(OOC(C)=O)C(OC(C)=O)C(OC(C)=O)C(C)OC(C)=O. The highest BCUT2D eigenvalue weighted by molar-refractivity contribution is 5.68. The molecular formula is C15H24O9. The van der Waals surface area contributed by atoms with Gasteiger partial charge in [0.15, 0.2) is 12.2 Å². The molecule has 0 radical (unpaired) electrons. The Labute approximate surface area is 140 Å². The molecule has 0 saturated heterocycles. The van der Waals surface area contributed by atoms with Crippen LogP contribution in [0.3, 0.4) is 0 Å². The molecule has 0 aliphatic carbocycles. The van der Waals surface area contributed by atoms with Crippen LogP contribution in [0.15, 0.2) is 0 Å². The fourth-order valence-electron chi connectivity index (χ4n) is 1.98. The van der Waals surface area contributed by atoms with Crippen LogP contribution in [0.2, 0.25) is 0 Å². The summed E-state index contributed by atoms with van der Waals surface area (Å²) in [5, 5.41) is 0. The molecule has 0 N–H and O–H groups in total. The molecule has 138 valence electrons. The maximum absolute atomic E-state index is 11.4. The Morgan fingerprint density at radius 1 is 0.750 bits per heavy atom. The van der Waals surface area contributed by atoms with Gasteiger partial charge in [0, 0.05) is 27.7 Å². The highest BCUT2D eigenvalue weighted by atomic mass is 17.2. The van der Waals surface area contributed by atoms with Crippen LogP contribution in [0.4, 0.5) is 0 Å². The largest absolute Gasteiger partial charge is 0.459 e. The Kier molecular flexibility index (Phi) is 9.63. The third kappa shape index (κ3) is 8.47. The zero-order chi connectivity index (χ0) is 18.9. The molecule has 0 heterocycles. The minimum Gasteiger partial charge on any atom is -0.459 e. The van der Waals surface area contributed by atoms with Crippen molar-refractivity contribution in [2.75, 3.05) is 0 Å². The van der Waals surface area contributed by atoms with Gasteiger partial charge in [0.2, 0.25) is 0 Å². The van der Waals surface area contributed by atoms with Crippen molar-refractivity contribution < 1.29 is 43.2 Å². The summed E-state index contributed by atoms with van der Waals surface area (Å²) in [6.45, 7) is 7.81. The van der Waals surface area contributed by atoms with E-state index in [1.165, 1.54) is 13.8 Å². The van der Waals surface area contributed by atoms with Gasteiger partial charge in [-0.05, 0) is 13.3 Å². The van der Waals surface area contributed by atoms with E-state index in [0.29, 0.717) is 0 Å². The number of hydrogen-bond donors (Lipinski definition) is 0. The lowest BCUT2D eigenvalue weighted by molar-refractivity contribution is -0.318. The molecule has 0 aromatic heterocycles. The van der Waals surface area contributed by atoms with Gasteiger partial charge in [-0.2, -0.15) is 4.89 Å². The van der Waals surface area contributed by atoms with Gasteiger partial charge in [-0.15, -0.1) is 0 Å². The average molecular weight is 348 g/mol. The summed E-state index contributed by atoms with van der Waals surface area (Å²) in [5.74, 6) is -2.64. The van der Waals surface area contributed by atoms with Crippen LogP contribution in [0.25, 0.3) is 0 Å². The summed E-state index contributed by atoms with van der Waals surface area (Å²) < 4.78 is 15.4. The molecule has 0 aliphatic rings. The van der Waals surface area contributed by atoms with Gasteiger partial charge >= 0.3 is 23.9 Å². The summed E-state index contributed by atoms with van der Waals surface area (Å²) in [4.78, 5) is 54.4. The van der Waals surface area contributed by atoms with Crippen LogP contribution in [0.1, 0.15) is 48.0 Å². The lowest BCUT2D eigenvalue weighted by Crippen LogP contribution is -2.50. The first-order valence-corrected chi connectivity index (χ1v) is 7.44. The molecule has 0 aliphatic heterocycles.